The Morgan fingerprint density at radius 1 is 1.62 bits per heavy atom. The smallest absolute Gasteiger partial charge is 0.317 e. The maximum Gasteiger partial charge on any atom is 0.317 e. The van der Waals surface area contributed by atoms with Crippen molar-refractivity contribution in [2.24, 2.45) is 0 Å². The lowest BCUT2D eigenvalue weighted by Crippen LogP contribution is -2.14. The highest BCUT2D eigenvalue weighted by atomic mass is 79.9. The molecule has 0 radical (unpaired) electrons. The minimum atomic E-state index is -0.725. The van der Waals surface area contributed by atoms with Gasteiger partial charge < -0.3 is 5.11 Å². The van der Waals surface area contributed by atoms with Gasteiger partial charge in [-0.25, -0.2) is 0 Å². The molecule has 0 aliphatic carbocycles. The summed E-state index contributed by atoms with van der Waals surface area (Å²) in [7, 11) is 0. The van der Waals surface area contributed by atoms with E-state index in [1.165, 1.54) is 11.8 Å². The number of carbonyl (C=O) groups is 1. The minimum absolute atomic E-state index is 0.302. The summed E-state index contributed by atoms with van der Waals surface area (Å²) >= 11 is 4.80. The molecule has 2 rings (SSSR count). The maximum atomic E-state index is 10.7. The summed E-state index contributed by atoms with van der Waals surface area (Å²) in [6.07, 6.45) is 0.634. The third-order valence-corrected chi connectivity index (χ3v) is 3.77. The van der Waals surface area contributed by atoms with E-state index in [-0.39, 0.29) is 5.25 Å². The number of aliphatic carboxylic acids is 1. The van der Waals surface area contributed by atoms with Gasteiger partial charge in [0.25, 0.3) is 0 Å². The standard InChI is InChI=1S/C9H7BrO2S/c10-6-1-2-7-5(3-6)4-8(13-7)9(11)12/h1-3,8H,4H2,(H,11,12). The zero-order chi connectivity index (χ0) is 9.42. The van der Waals surface area contributed by atoms with Crippen molar-refractivity contribution < 1.29 is 9.90 Å². The number of thioether (sulfide) groups is 1. The van der Waals surface area contributed by atoms with Crippen molar-refractivity contribution in [3.63, 3.8) is 0 Å². The molecule has 1 aliphatic rings. The first-order chi connectivity index (χ1) is 6.16. The normalized spacial score (nSPS) is 19.9. The molecule has 1 aromatic carbocycles. The van der Waals surface area contributed by atoms with Crippen molar-refractivity contribution in [3.8, 4) is 0 Å². The molecule has 0 fully saturated rings. The Morgan fingerprint density at radius 3 is 3.08 bits per heavy atom. The van der Waals surface area contributed by atoms with Gasteiger partial charge in [0.15, 0.2) is 0 Å². The fourth-order valence-electron chi connectivity index (χ4n) is 1.35. The maximum absolute atomic E-state index is 10.7. The number of carboxylic acid groups (broad SMARTS) is 1. The van der Waals surface area contributed by atoms with E-state index in [2.05, 4.69) is 15.9 Å². The summed E-state index contributed by atoms with van der Waals surface area (Å²) < 4.78 is 1.01. The van der Waals surface area contributed by atoms with E-state index in [0.29, 0.717) is 6.42 Å². The van der Waals surface area contributed by atoms with Crippen LogP contribution < -0.4 is 0 Å². The highest BCUT2D eigenvalue weighted by molar-refractivity contribution is 9.10. The zero-order valence-electron chi connectivity index (χ0n) is 6.66. The third kappa shape index (κ3) is 1.74. The van der Waals surface area contributed by atoms with Gasteiger partial charge in [0.2, 0.25) is 0 Å². The first kappa shape index (κ1) is 9.09. The van der Waals surface area contributed by atoms with Crippen LogP contribution in [-0.4, -0.2) is 16.3 Å². The highest BCUT2D eigenvalue weighted by Gasteiger charge is 2.27. The van der Waals surface area contributed by atoms with Crippen LogP contribution in [0.1, 0.15) is 5.56 Å². The van der Waals surface area contributed by atoms with Crippen LogP contribution in [0, 0.1) is 0 Å². The number of hydrogen-bond donors (Lipinski definition) is 1. The average Bonchev–Trinajstić information content (AvgIpc) is 2.46. The topological polar surface area (TPSA) is 37.3 Å². The van der Waals surface area contributed by atoms with Gasteiger partial charge in [-0.15, -0.1) is 11.8 Å². The molecule has 1 heterocycles. The molecule has 0 aromatic heterocycles. The van der Waals surface area contributed by atoms with Gasteiger partial charge in [0.05, 0.1) is 0 Å². The zero-order valence-corrected chi connectivity index (χ0v) is 9.06. The molecule has 1 unspecified atom stereocenters. The van der Waals surface area contributed by atoms with Crippen LogP contribution in [0.2, 0.25) is 0 Å². The van der Waals surface area contributed by atoms with Crippen LogP contribution in [0.3, 0.4) is 0 Å². The van der Waals surface area contributed by atoms with Crippen molar-refractivity contribution in [1.82, 2.24) is 0 Å². The van der Waals surface area contributed by atoms with Gasteiger partial charge >= 0.3 is 5.97 Å². The lowest BCUT2D eigenvalue weighted by molar-refractivity contribution is -0.136. The Bertz CT molecular complexity index is 365. The van der Waals surface area contributed by atoms with Crippen molar-refractivity contribution in [2.75, 3.05) is 0 Å². The second kappa shape index (κ2) is 3.35. The minimum Gasteiger partial charge on any atom is -0.480 e. The average molecular weight is 259 g/mol. The fourth-order valence-corrected chi connectivity index (χ4v) is 2.87. The second-order valence-electron chi connectivity index (χ2n) is 2.90. The van der Waals surface area contributed by atoms with Crippen LogP contribution in [0.25, 0.3) is 0 Å². The van der Waals surface area contributed by atoms with Gasteiger partial charge in [0, 0.05) is 9.37 Å². The number of benzene rings is 1. The molecular formula is C9H7BrO2S. The van der Waals surface area contributed by atoms with E-state index in [1.807, 2.05) is 18.2 Å². The van der Waals surface area contributed by atoms with Crippen molar-refractivity contribution in [1.29, 1.82) is 0 Å². The SMILES string of the molecule is O=C(O)C1Cc2cc(Br)ccc2S1. The van der Waals surface area contributed by atoms with Gasteiger partial charge in [-0.1, -0.05) is 15.9 Å². The van der Waals surface area contributed by atoms with Crippen LogP contribution in [0.5, 0.6) is 0 Å². The molecule has 1 aromatic rings. The van der Waals surface area contributed by atoms with Crippen LogP contribution in [-0.2, 0) is 11.2 Å². The predicted molar refractivity (Wildman–Crippen MR) is 55.1 cm³/mol. The molecule has 0 bridgehead atoms. The van der Waals surface area contributed by atoms with Crippen LogP contribution in [0.4, 0.5) is 0 Å². The Morgan fingerprint density at radius 2 is 2.38 bits per heavy atom. The van der Waals surface area contributed by atoms with Crippen LogP contribution in [0.15, 0.2) is 27.6 Å². The molecule has 0 spiro atoms. The van der Waals surface area contributed by atoms with E-state index < -0.39 is 5.97 Å². The van der Waals surface area contributed by atoms with Gasteiger partial charge in [-0.05, 0) is 30.2 Å². The molecular weight excluding hydrogens is 252 g/mol. The number of carboxylic acids is 1. The van der Waals surface area contributed by atoms with Crippen molar-refractivity contribution in [3.05, 3.63) is 28.2 Å². The monoisotopic (exact) mass is 258 g/mol. The molecule has 1 atom stereocenters. The Kier molecular flexibility index (Phi) is 2.34. The van der Waals surface area contributed by atoms with Gasteiger partial charge in [-0.2, -0.15) is 0 Å². The summed E-state index contributed by atoms with van der Waals surface area (Å²) in [4.78, 5) is 11.8. The molecule has 13 heavy (non-hydrogen) atoms. The summed E-state index contributed by atoms with van der Waals surface area (Å²) in [5.41, 5.74) is 1.13. The Hall–Kier alpha value is -0.480. The molecule has 1 N–H and O–H groups in total. The molecule has 0 saturated carbocycles. The highest BCUT2D eigenvalue weighted by Crippen LogP contribution is 2.38. The fraction of sp³-hybridized carbons (Fsp3) is 0.222. The molecule has 0 amide bonds. The summed E-state index contributed by atoms with van der Waals surface area (Å²) in [5, 5.41) is 8.52. The van der Waals surface area contributed by atoms with E-state index in [0.717, 1.165) is 14.9 Å². The summed E-state index contributed by atoms with van der Waals surface area (Å²) in [6.45, 7) is 0. The number of fused-ring (bicyclic) bond motifs is 1. The molecule has 68 valence electrons. The third-order valence-electron chi connectivity index (χ3n) is 1.97. The second-order valence-corrected chi connectivity index (χ2v) is 5.06. The first-order valence-electron chi connectivity index (χ1n) is 3.85. The Balaban J connectivity index is 2.30. The quantitative estimate of drug-likeness (QED) is 0.842. The summed E-state index contributed by atoms with van der Waals surface area (Å²) in [5.74, 6) is -0.725. The lowest BCUT2D eigenvalue weighted by atomic mass is 10.1. The molecule has 0 saturated heterocycles. The first-order valence-corrected chi connectivity index (χ1v) is 5.52. The van der Waals surface area contributed by atoms with E-state index in [4.69, 9.17) is 5.11 Å². The van der Waals surface area contributed by atoms with Gasteiger partial charge in [0.1, 0.15) is 5.25 Å². The summed E-state index contributed by atoms with van der Waals surface area (Å²) in [6, 6.07) is 5.90. The molecule has 1 aliphatic heterocycles. The largest absolute Gasteiger partial charge is 0.480 e. The van der Waals surface area contributed by atoms with Gasteiger partial charge in [-0.3, -0.25) is 4.79 Å². The lowest BCUT2D eigenvalue weighted by Gasteiger charge is -1.97. The number of rotatable bonds is 1. The molecule has 4 heteroatoms. The van der Waals surface area contributed by atoms with Crippen LogP contribution >= 0.6 is 27.7 Å². The number of hydrogen-bond acceptors (Lipinski definition) is 2. The predicted octanol–water partition coefficient (Wildman–Crippen LogP) is 2.55. The van der Waals surface area contributed by atoms with E-state index in [9.17, 15) is 4.79 Å². The van der Waals surface area contributed by atoms with Crippen molar-refractivity contribution >= 4 is 33.7 Å². The van der Waals surface area contributed by atoms with E-state index in [1.54, 1.807) is 0 Å². The Labute approximate surface area is 88.5 Å². The van der Waals surface area contributed by atoms with Crippen molar-refractivity contribution in [2.45, 2.75) is 16.6 Å². The molecule has 2 nitrogen and oxygen atoms in total. The number of halogens is 1. The van der Waals surface area contributed by atoms with E-state index >= 15 is 0 Å².